The van der Waals surface area contributed by atoms with Crippen LogP contribution >= 0.6 is 0 Å². The quantitative estimate of drug-likeness (QED) is 0.717. The minimum absolute atomic E-state index is 0.0137. The monoisotopic (exact) mass is 433 g/mol. The number of anilines is 3. The van der Waals surface area contributed by atoms with Crippen molar-refractivity contribution in [3.05, 3.63) is 24.4 Å². The van der Waals surface area contributed by atoms with E-state index in [0.29, 0.717) is 30.2 Å². The zero-order valence-corrected chi connectivity index (χ0v) is 18.3. The van der Waals surface area contributed by atoms with Crippen LogP contribution in [0.15, 0.2) is 24.4 Å². The molecule has 1 aromatic heterocycles. The minimum Gasteiger partial charge on any atom is -0.447 e. The average Bonchev–Trinajstić information content (AvgIpc) is 3.42. The SMILES string of the molecule is CC(C)[C@H]1COC(=O)N1c1cc(N)c2cnc(N(C(=O)[C@@H]3C[C@H]3C#N)C3CCC3)cc2c1. The van der Waals surface area contributed by atoms with E-state index in [-0.39, 0.29) is 41.8 Å². The number of cyclic esters (lactones) is 1. The van der Waals surface area contributed by atoms with Crippen molar-refractivity contribution in [1.29, 1.82) is 5.26 Å². The Kier molecular flexibility index (Phi) is 4.92. The summed E-state index contributed by atoms with van der Waals surface area (Å²) in [6.45, 7) is 4.46. The molecule has 8 heteroatoms. The van der Waals surface area contributed by atoms with Gasteiger partial charge in [0, 0.05) is 23.3 Å². The zero-order valence-electron chi connectivity index (χ0n) is 18.3. The molecule has 32 heavy (non-hydrogen) atoms. The molecule has 3 fully saturated rings. The fourth-order valence-corrected chi connectivity index (χ4v) is 4.67. The Morgan fingerprint density at radius 3 is 2.75 bits per heavy atom. The second-order valence-electron chi connectivity index (χ2n) is 9.43. The van der Waals surface area contributed by atoms with Gasteiger partial charge in [-0.15, -0.1) is 0 Å². The van der Waals surface area contributed by atoms with Crippen LogP contribution in [0, 0.1) is 29.1 Å². The van der Waals surface area contributed by atoms with Gasteiger partial charge in [-0.1, -0.05) is 13.8 Å². The topological polar surface area (TPSA) is 113 Å². The summed E-state index contributed by atoms with van der Waals surface area (Å²) in [5, 5.41) is 10.8. The number of fused-ring (bicyclic) bond motifs is 1. The molecule has 5 rings (SSSR count). The molecule has 3 atom stereocenters. The molecule has 8 nitrogen and oxygen atoms in total. The highest BCUT2D eigenvalue weighted by Crippen LogP contribution is 2.43. The summed E-state index contributed by atoms with van der Waals surface area (Å²) in [4.78, 5) is 33.7. The van der Waals surface area contributed by atoms with Crippen molar-refractivity contribution in [3.63, 3.8) is 0 Å². The van der Waals surface area contributed by atoms with Crippen molar-refractivity contribution in [3.8, 4) is 6.07 Å². The van der Waals surface area contributed by atoms with Crippen LogP contribution in [0.1, 0.15) is 39.5 Å². The van der Waals surface area contributed by atoms with Crippen LogP contribution in [0.5, 0.6) is 0 Å². The molecular weight excluding hydrogens is 406 g/mol. The van der Waals surface area contributed by atoms with Gasteiger partial charge in [0.2, 0.25) is 5.91 Å². The minimum atomic E-state index is -0.376. The Bertz CT molecular complexity index is 1140. The van der Waals surface area contributed by atoms with E-state index in [1.165, 1.54) is 0 Å². The summed E-state index contributed by atoms with van der Waals surface area (Å²) in [5.41, 5.74) is 7.54. The summed E-state index contributed by atoms with van der Waals surface area (Å²) in [5.74, 6) is 0.365. The van der Waals surface area contributed by atoms with Gasteiger partial charge in [0.05, 0.1) is 29.6 Å². The standard InChI is InChI=1S/C24H27N5O3/c1-13(2)21-12-32-24(31)28(21)17-6-14-8-22(27-11-19(14)20(26)9-17)29(16-4-3-5-16)23(30)18-7-15(18)10-25/h6,8-9,11,13,15-16,18,21H,3-5,7,12,26H2,1-2H3/t15-,18+,21+/m0/s1. The molecule has 2 aliphatic carbocycles. The number of amides is 2. The molecule has 2 saturated carbocycles. The molecule has 2 aromatic rings. The van der Waals surface area contributed by atoms with E-state index in [0.717, 1.165) is 30.0 Å². The van der Waals surface area contributed by atoms with Crippen molar-refractivity contribution >= 4 is 40.0 Å². The predicted octanol–water partition coefficient (Wildman–Crippen LogP) is 3.84. The normalized spacial score (nSPS) is 24.9. The van der Waals surface area contributed by atoms with Gasteiger partial charge < -0.3 is 10.5 Å². The lowest BCUT2D eigenvalue weighted by Crippen LogP contribution is -2.46. The first-order chi connectivity index (χ1) is 15.4. The zero-order chi connectivity index (χ0) is 22.6. The highest BCUT2D eigenvalue weighted by atomic mass is 16.6. The van der Waals surface area contributed by atoms with Crippen LogP contribution in [-0.4, -0.2) is 35.7 Å². The number of rotatable bonds is 5. The lowest BCUT2D eigenvalue weighted by molar-refractivity contribution is -0.120. The van der Waals surface area contributed by atoms with E-state index in [1.807, 2.05) is 12.1 Å². The van der Waals surface area contributed by atoms with Gasteiger partial charge in [-0.3, -0.25) is 14.6 Å². The maximum atomic E-state index is 13.2. The fourth-order valence-electron chi connectivity index (χ4n) is 4.67. The van der Waals surface area contributed by atoms with Gasteiger partial charge in [-0.2, -0.15) is 5.26 Å². The maximum Gasteiger partial charge on any atom is 0.414 e. The van der Waals surface area contributed by atoms with Gasteiger partial charge in [0.1, 0.15) is 12.4 Å². The molecule has 1 aliphatic heterocycles. The molecule has 3 aliphatic rings. The van der Waals surface area contributed by atoms with Gasteiger partial charge in [-0.05, 0) is 55.2 Å². The number of aromatic nitrogens is 1. The summed E-state index contributed by atoms with van der Waals surface area (Å²) in [7, 11) is 0. The number of benzene rings is 1. The van der Waals surface area contributed by atoms with E-state index in [9.17, 15) is 14.9 Å². The Balaban J connectivity index is 1.54. The van der Waals surface area contributed by atoms with Gasteiger partial charge >= 0.3 is 6.09 Å². The maximum absolute atomic E-state index is 13.2. The fraction of sp³-hybridized carbons (Fsp3) is 0.500. The number of nitrogen functional groups attached to an aromatic ring is 1. The highest BCUT2D eigenvalue weighted by molar-refractivity contribution is 6.03. The number of hydrogen-bond donors (Lipinski definition) is 1. The van der Waals surface area contributed by atoms with Crippen LogP contribution in [0.2, 0.25) is 0 Å². The van der Waals surface area contributed by atoms with E-state index >= 15 is 0 Å². The Morgan fingerprint density at radius 2 is 2.12 bits per heavy atom. The van der Waals surface area contributed by atoms with E-state index in [4.69, 9.17) is 10.5 Å². The van der Waals surface area contributed by atoms with Crippen molar-refractivity contribution in [1.82, 2.24) is 4.98 Å². The van der Waals surface area contributed by atoms with Crippen molar-refractivity contribution in [2.45, 2.75) is 51.6 Å². The highest BCUT2D eigenvalue weighted by Gasteiger charge is 2.48. The molecule has 0 radical (unpaired) electrons. The number of carbonyl (C=O) groups is 2. The molecule has 2 N–H and O–H groups in total. The predicted molar refractivity (Wildman–Crippen MR) is 121 cm³/mol. The first kappa shape index (κ1) is 20.6. The van der Waals surface area contributed by atoms with E-state index in [2.05, 4.69) is 24.9 Å². The van der Waals surface area contributed by atoms with Gasteiger partial charge in [0.25, 0.3) is 0 Å². The third-order valence-electron chi connectivity index (χ3n) is 6.99. The van der Waals surface area contributed by atoms with Crippen LogP contribution < -0.4 is 15.5 Å². The van der Waals surface area contributed by atoms with Crippen LogP contribution in [0.25, 0.3) is 10.8 Å². The molecule has 166 valence electrons. The smallest absolute Gasteiger partial charge is 0.414 e. The largest absolute Gasteiger partial charge is 0.447 e. The number of nitriles is 1. The second-order valence-corrected chi connectivity index (χ2v) is 9.43. The number of hydrogen-bond acceptors (Lipinski definition) is 6. The third-order valence-corrected chi connectivity index (χ3v) is 6.99. The van der Waals surface area contributed by atoms with E-state index in [1.54, 1.807) is 22.1 Å². The first-order valence-electron chi connectivity index (χ1n) is 11.3. The Labute approximate surface area is 186 Å². The molecule has 2 amide bonds. The summed E-state index contributed by atoms with van der Waals surface area (Å²) in [6.07, 6.45) is 4.90. The number of nitrogens with zero attached hydrogens (tertiary/aromatic N) is 4. The molecule has 1 aromatic carbocycles. The Hall–Kier alpha value is -3.34. The lowest BCUT2D eigenvalue weighted by Gasteiger charge is -2.37. The first-order valence-corrected chi connectivity index (χ1v) is 11.3. The average molecular weight is 434 g/mol. The summed E-state index contributed by atoms with van der Waals surface area (Å²) in [6, 6.07) is 7.83. The van der Waals surface area contributed by atoms with Crippen LogP contribution in [0.4, 0.5) is 22.0 Å². The van der Waals surface area contributed by atoms with Crippen LogP contribution in [0.3, 0.4) is 0 Å². The number of ether oxygens (including phenoxy) is 1. The Morgan fingerprint density at radius 1 is 1.34 bits per heavy atom. The lowest BCUT2D eigenvalue weighted by atomic mass is 9.91. The summed E-state index contributed by atoms with van der Waals surface area (Å²) >= 11 is 0. The van der Waals surface area contributed by atoms with Crippen molar-refractivity contribution in [2.75, 3.05) is 22.1 Å². The molecule has 0 unspecified atom stereocenters. The molecular formula is C24H27N5O3. The van der Waals surface area contributed by atoms with Crippen molar-refractivity contribution in [2.24, 2.45) is 17.8 Å². The van der Waals surface area contributed by atoms with Gasteiger partial charge in [0.15, 0.2) is 0 Å². The molecule has 0 bridgehead atoms. The van der Waals surface area contributed by atoms with E-state index < -0.39 is 0 Å². The summed E-state index contributed by atoms with van der Waals surface area (Å²) < 4.78 is 5.30. The van der Waals surface area contributed by atoms with Gasteiger partial charge in [-0.25, -0.2) is 9.78 Å². The van der Waals surface area contributed by atoms with Crippen LogP contribution in [-0.2, 0) is 9.53 Å². The molecule has 1 saturated heterocycles. The second kappa shape index (κ2) is 7.66. The number of pyridine rings is 1. The third kappa shape index (κ3) is 3.32. The van der Waals surface area contributed by atoms with Crippen molar-refractivity contribution < 1.29 is 14.3 Å². The molecule has 2 heterocycles. The number of carbonyl (C=O) groups excluding carboxylic acids is 2. The number of nitrogens with two attached hydrogens (primary N) is 1. The molecule has 0 spiro atoms.